The zero-order valence-corrected chi connectivity index (χ0v) is 23.4. The quantitative estimate of drug-likeness (QED) is 0.386. The highest BCUT2D eigenvalue weighted by Gasteiger charge is 2.40. The van der Waals surface area contributed by atoms with Gasteiger partial charge in [-0.25, -0.2) is 9.97 Å². The van der Waals surface area contributed by atoms with Gasteiger partial charge in [0.2, 0.25) is 5.95 Å². The summed E-state index contributed by atoms with van der Waals surface area (Å²) in [5, 5.41) is 7.39. The van der Waals surface area contributed by atoms with Crippen LogP contribution in [0, 0.1) is 27.7 Å². The van der Waals surface area contributed by atoms with E-state index in [-0.39, 0.29) is 24.1 Å². The molecule has 3 aromatic heterocycles. The first-order valence-electron chi connectivity index (χ1n) is 13.5. The number of hydrogen-bond acceptors (Lipinski definition) is 7. The number of morpholine rings is 1. The number of carbonyl (C=O) groups excluding carboxylic acids is 1. The van der Waals surface area contributed by atoms with Crippen molar-refractivity contribution >= 4 is 11.9 Å². The molecule has 1 amide bonds. The Bertz CT molecular complexity index is 1650. The number of carbonyl (C=O) groups is 1. The number of pyridine rings is 1. The number of aromatic amines is 1. The highest BCUT2D eigenvalue weighted by atomic mass is 16.5. The van der Waals surface area contributed by atoms with E-state index >= 15 is 0 Å². The van der Waals surface area contributed by atoms with Crippen molar-refractivity contribution in [2.24, 2.45) is 7.05 Å². The zero-order valence-electron chi connectivity index (χ0n) is 23.4. The van der Waals surface area contributed by atoms with E-state index in [4.69, 9.17) is 4.74 Å². The van der Waals surface area contributed by atoms with Gasteiger partial charge in [0, 0.05) is 60.5 Å². The normalized spacial score (nSPS) is 18.0. The largest absolute Gasteiger partial charge is 0.374 e. The summed E-state index contributed by atoms with van der Waals surface area (Å²) in [6, 6.07) is 6.17. The van der Waals surface area contributed by atoms with Crippen LogP contribution in [0.15, 0.2) is 41.6 Å². The first-order chi connectivity index (χ1) is 19.2. The maximum absolute atomic E-state index is 13.6. The summed E-state index contributed by atoms with van der Waals surface area (Å²) in [7, 11) is 1.89. The SMILES string of the molecule is Cc1cc(C)c(CNC(=O)c2cc(-c3cnc(N4CC5CC4CO5)nc3)cc(-c3c(C)cnn3C)c2C)c(=O)[nH]1. The fraction of sp³-hybridized carbons (Fsp3) is 0.367. The predicted molar refractivity (Wildman–Crippen MR) is 152 cm³/mol. The molecule has 6 rings (SSSR count). The van der Waals surface area contributed by atoms with Gasteiger partial charge >= 0.3 is 0 Å². The van der Waals surface area contributed by atoms with E-state index in [0.717, 1.165) is 57.7 Å². The molecule has 2 aliphatic rings. The lowest BCUT2D eigenvalue weighted by molar-refractivity contribution is 0.0950. The van der Waals surface area contributed by atoms with Crippen molar-refractivity contribution in [3.63, 3.8) is 0 Å². The van der Waals surface area contributed by atoms with Gasteiger partial charge in [-0.05, 0) is 74.6 Å². The number of nitrogens with one attached hydrogen (secondary N) is 2. The summed E-state index contributed by atoms with van der Waals surface area (Å²) in [5.41, 5.74) is 7.81. The average Bonchev–Trinajstić information content (AvgIpc) is 3.65. The third-order valence-corrected chi connectivity index (χ3v) is 8.08. The second-order valence-electron chi connectivity index (χ2n) is 10.9. The number of H-pyrrole nitrogens is 1. The van der Waals surface area contributed by atoms with Gasteiger partial charge in [0.15, 0.2) is 0 Å². The molecule has 40 heavy (non-hydrogen) atoms. The maximum Gasteiger partial charge on any atom is 0.253 e. The molecule has 206 valence electrons. The summed E-state index contributed by atoms with van der Waals surface area (Å²) in [4.78, 5) is 40.5. The molecule has 2 unspecified atom stereocenters. The number of aryl methyl sites for hydroxylation is 4. The van der Waals surface area contributed by atoms with Crippen LogP contribution in [-0.2, 0) is 18.3 Å². The highest BCUT2D eigenvalue weighted by Crippen LogP contribution is 2.34. The molecule has 10 heteroatoms. The van der Waals surface area contributed by atoms with Crippen molar-refractivity contribution in [2.45, 2.75) is 52.8 Å². The van der Waals surface area contributed by atoms with Crippen LogP contribution in [0.2, 0.25) is 0 Å². The Labute approximate surface area is 232 Å². The Kier molecular flexibility index (Phi) is 6.50. The minimum atomic E-state index is -0.259. The molecule has 0 aliphatic carbocycles. The molecule has 5 heterocycles. The minimum Gasteiger partial charge on any atom is -0.374 e. The Morgan fingerprint density at radius 2 is 1.85 bits per heavy atom. The fourth-order valence-corrected chi connectivity index (χ4v) is 5.93. The second-order valence-corrected chi connectivity index (χ2v) is 10.9. The number of nitrogens with zero attached hydrogens (tertiary/aromatic N) is 5. The third-order valence-electron chi connectivity index (χ3n) is 8.08. The summed E-state index contributed by atoms with van der Waals surface area (Å²) in [6.07, 6.45) is 6.73. The lowest BCUT2D eigenvalue weighted by Gasteiger charge is -2.26. The van der Waals surface area contributed by atoms with E-state index in [0.29, 0.717) is 29.7 Å². The standard InChI is InChI=1S/C30H33N7O3/c1-16-6-18(3)35-29(39)26(16)13-31-28(38)25-8-20(7-24(19(25)4)27-17(2)10-34-36(27)5)21-11-32-30(33-12-21)37-14-23-9-22(37)15-40-23/h6-8,10-12,22-23H,9,13-15H2,1-5H3,(H,31,38)(H,35,39). The zero-order chi connectivity index (χ0) is 28.1. The fourth-order valence-electron chi connectivity index (χ4n) is 5.93. The Morgan fingerprint density at radius 3 is 2.48 bits per heavy atom. The number of anilines is 1. The van der Waals surface area contributed by atoms with E-state index in [1.807, 2.05) is 70.1 Å². The van der Waals surface area contributed by atoms with E-state index in [2.05, 4.69) is 36.3 Å². The van der Waals surface area contributed by atoms with Crippen molar-refractivity contribution in [3.8, 4) is 22.4 Å². The molecule has 2 atom stereocenters. The van der Waals surface area contributed by atoms with Gasteiger partial charge < -0.3 is 19.9 Å². The predicted octanol–water partition coefficient (Wildman–Crippen LogP) is 3.37. The van der Waals surface area contributed by atoms with E-state index in [1.165, 1.54) is 0 Å². The number of rotatable bonds is 6. The van der Waals surface area contributed by atoms with Crippen molar-refractivity contribution in [3.05, 3.63) is 80.7 Å². The van der Waals surface area contributed by atoms with Crippen LogP contribution in [0.5, 0.6) is 0 Å². The molecule has 0 spiro atoms. The average molecular weight is 540 g/mol. The molecule has 2 aliphatic heterocycles. The first kappa shape index (κ1) is 25.9. The van der Waals surface area contributed by atoms with E-state index in [1.54, 1.807) is 0 Å². The van der Waals surface area contributed by atoms with Crippen LogP contribution in [0.25, 0.3) is 22.4 Å². The minimum absolute atomic E-state index is 0.129. The lowest BCUT2D eigenvalue weighted by Crippen LogP contribution is -2.38. The molecular formula is C30H33N7O3. The Balaban J connectivity index is 1.36. The van der Waals surface area contributed by atoms with E-state index in [9.17, 15) is 9.59 Å². The molecule has 0 radical (unpaired) electrons. The van der Waals surface area contributed by atoms with Gasteiger partial charge in [-0.15, -0.1) is 0 Å². The maximum atomic E-state index is 13.6. The number of aromatic nitrogens is 5. The number of amides is 1. The van der Waals surface area contributed by atoms with Gasteiger partial charge in [-0.1, -0.05) is 0 Å². The van der Waals surface area contributed by atoms with Gasteiger partial charge in [-0.3, -0.25) is 14.3 Å². The molecular weight excluding hydrogens is 506 g/mol. The van der Waals surface area contributed by atoms with E-state index < -0.39 is 0 Å². The third kappa shape index (κ3) is 4.58. The number of hydrogen-bond donors (Lipinski definition) is 2. The second kappa shape index (κ2) is 10.0. The monoisotopic (exact) mass is 539 g/mol. The van der Waals surface area contributed by atoms with Crippen LogP contribution in [-0.4, -0.2) is 55.9 Å². The van der Waals surface area contributed by atoms with Crippen LogP contribution in [0.1, 0.15) is 44.7 Å². The smallest absolute Gasteiger partial charge is 0.253 e. The van der Waals surface area contributed by atoms with Gasteiger partial charge in [0.05, 0.1) is 30.6 Å². The van der Waals surface area contributed by atoms with Gasteiger partial charge in [0.25, 0.3) is 11.5 Å². The van der Waals surface area contributed by atoms with Gasteiger partial charge in [0.1, 0.15) is 0 Å². The number of fused-ring (bicyclic) bond motifs is 2. The molecule has 4 aromatic rings. The van der Waals surface area contributed by atoms with Gasteiger partial charge in [-0.2, -0.15) is 5.10 Å². The molecule has 10 nitrogen and oxygen atoms in total. The number of benzene rings is 1. The van der Waals surface area contributed by atoms with Crippen LogP contribution in [0.4, 0.5) is 5.95 Å². The Morgan fingerprint density at radius 1 is 1.07 bits per heavy atom. The molecule has 0 saturated carbocycles. The molecule has 1 aromatic carbocycles. The van der Waals surface area contributed by atoms with Crippen LogP contribution < -0.4 is 15.8 Å². The summed E-state index contributed by atoms with van der Waals surface area (Å²) >= 11 is 0. The summed E-state index contributed by atoms with van der Waals surface area (Å²) < 4.78 is 7.54. The molecule has 2 fully saturated rings. The van der Waals surface area contributed by atoms with Crippen molar-refractivity contribution in [2.75, 3.05) is 18.1 Å². The van der Waals surface area contributed by atoms with Crippen molar-refractivity contribution in [1.82, 2.24) is 30.0 Å². The molecule has 2 bridgehead atoms. The number of ether oxygens (including phenoxy) is 1. The van der Waals surface area contributed by atoms with Crippen LogP contribution in [0.3, 0.4) is 0 Å². The summed E-state index contributed by atoms with van der Waals surface area (Å²) in [6.45, 7) is 9.32. The van der Waals surface area contributed by atoms with Crippen LogP contribution >= 0.6 is 0 Å². The van der Waals surface area contributed by atoms with Crippen molar-refractivity contribution < 1.29 is 9.53 Å². The Hall–Kier alpha value is -4.31. The lowest BCUT2D eigenvalue weighted by atomic mass is 9.92. The molecule has 2 saturated heterocycles. The highest BCUT2D eigenvalue weighted by molar-refractivity contribution is 5.99. The summed E-state index contributed by atoms with van der Waals surface area (Å²) in [5.74, 6) is 0.441. The van der Waals surface area contributed by atoms with Crippen molar-refractivity contribution in [1.29, 1.82) is 0 Å². The topological polar surface area (TPSA) is 118 Å². The molecule has 2 N–H and O–H groups in total. The first-order valence-corrected chi connectivity index (χ1v) is 13.5.